The van der Waals surface area contributed by atoms with Gasteiger partial charge in [-0.15, -0.1) is 0 Å². The van der Waals surface area contributed by atoms with E-state index in [0.29, 0.717) is 13.1 Å². The van der Waals surface area contributed by atoms with Gasteiger partial charge in [0.05, 0.1) is 37.5 Å². The minimum Gasteiger partial charge on any atom is -0.331 e. The summed E-state index contributed by atoms with van der Waals surface area (Å²) in [5, 5.41) is 10.8. The van der Waals surface area contributed by atoms with E-state index in [1.54, 1.807) is 12.1 Å². The van der Waals surface area contributed by atoms with E-state index in [1.165, 1.54) is 28.2 Å². The van der Waals surface area contributed by atoms with Gasteiger partial charge in [0.1, 0.15) is 6.04 Å². The third kappa shape index (κ3) is 4.98. The van der Waals surface area contributed by atoms with Crippen molar-refractivity contribution in [1.82, 2.24) is 4.90 Å². The molecular formula is C25H26N3O3+. The lowest BCUT2D eigenvalue weighted by atomic mass is 9.96. The fourth-order valence-corrected chi connectivity index (χ4v) is 4.31. The molecule has 6 nitrogen and oxygen atoms in total. The van der Waals surface area contributed by atoms with Crippen LogP contribution in [-0.2, 0) is 11.2 Å². The minimum atomic E-state index is -0.427. The van der Waals surface area contributed by atoms with E-state index in [9.17, 15) is 14.9 Å². The monoisotopic (exact) mass is 416 g/mol. The zero-order valence-electron chi connectivity index (χ0n) is 17.3. The third-order valence-corrected chi connectivity index (χ3v) is 5.93. The Bertz CT molecular complexity index is 975. The number of carbonyl (C=O) groups is 1. The first-order valence-corrected chi connectivity index (χ1v) is 10.6. The quantitative estimate of drug-likeness (QED) is 0.496. The fraction of sp³-hybridized carbons (Fsp3) is 0.240. The molecule has 1 heterocycles. The summed E-state index contributed by atoms with van der Waals surface area (Å²) in [7, 11) is 0. The van der Waals surface area contributed by atoms with Gasteiger partial charge in [0.2, 0.25) is 5.91 Å². The lowest BCUT2D eigenvalue weighted by molar-refractivity contribution is -0.929. The van der Waals surface area contributed by atoms with E-state index in [0.717, 1.165) is 18.7 Å². The van der Waals surface area contributed by atoms with Crippen molar-refractivity contribution in [2.45, 2.75) is 12.5 Å². The summed E-state index contributed by atoms with van der Waals surface area (Å²) in [6, 6.07) is 27.6. The van der Waals surface area contributed by atoms with Crippen LogP contribution < -0.4 is 4.90 Å². The molecule has 0 saturated carbocycles. The molecule has 0 radical (unpaired) electrons. The molecular weight excluding hydrogens is 390 g/mol. The predicted octanol–water partition coefficient (Wildman–Crippen LogP) is 2.65. The summed E-state index contributed by atoms with van der Waals surface area (Å²) in [5.74, 6) is 0.0730. The zero-order chi connectivity index (χ0) is 21.6. The van der Waals surface area contributed by atoms with Gasteiger partial charge in [0.25, 0.3) is 5.69 Å². The number of piperazine rings is 1. The SMILES string of the molecule is O=C(Cc1ccc([N+](=O)[O-])cc1)N1CC[NH+](C(c2ccccc2)c2ccccc2)CC1. The Morgan fingerprint density at radius 3 is 1.87 bits per heavy atom. The maximum absolute atomic E-state index is 12.8. The lowest BCUT2D eigenvalue weighted by Crippen LogP contribution is -3.15. The van der Waals surface area contributed by atoms with Crippen LogP contribution in [0.4, 0.5) is 5.69 Å². The molecule has 1 amide bonds. The van der Waals surface area contributed by atoms with Crippen LogP contribution in [0.15, 0.2) is 84.9 Å². The summed E-state index contributed by atoms with van der Waals surface area (Å²) >= 11 is 0. The van der Waals surface area contributed by atoms with Gasteiger partial charge < -0.3 is 9.80 Å². The number of nitro benzene ring substituents is 1. The smallest absolute Gasteiger partial charge is 0.269 e. The van der Waals surface area contributed by atoms with Crippen LogP contribution >= 0.6 is 0 Å². The van der Waals surface area contributed by atoms with Crippen molar-refractivity contribution >= 4 is 11.6 Å². The van der Waals surface area contributed by atoms with Crippen molar-refractivity contribution < 1.29 is 14.6 Å². The maximum Gasteiger partial charge on any atom is 0.269 e. The molecule has 0 atom stereocenters. The second-order valence-corrected chi connectivity index (χ2v) is 7.89. The first-order valence-electron chi connectivity index (χ1n) is 10.6. The van der Waals surface area contributed by atoms with Crippen molar-refractivity contribution in [3.63, 3.8) is 0 Å². The van der Waals surface area contributed by atoms with Gasteiger partial charge in [-0.25, -0.2) is 0 Å². The number of nitrogens with one attached hydrogen (secondary N) is 1. The number of benzene rings is 3. The van der Waals surface area contributed by atoms with Crippen LogP contribution in [0.1, 0.15) is 22.7 Å². The normalized spacial score (nSPS) is 14.5. The number of quaternary nitrogens is 1. The van der Waals surface area contributed by atoms with Gasteiger partial charge in [0.15, 0.2) is 0 Å². The Balaban J connectivity index is 1.41. The Labute approximate surface area is 181 Å². The van der Waals surface area contributed by atoms with Crippen molar-refractivity contribution in [3.05, 3.63) is 112 Å². The number of carbonyl (C=O) groups excluding carboxylic acids is 1. The van der Waals surface area contributed by atoms with E-state index < -0.39 is 4.92 Å². The Morgan fingerprint density at radius 2 is 1.39 bits per heavy atom. The van der Waals surface area contributed by atoms with Crippen molar-refractivity contribution in [3.8, 4) is 0 Å². The average molecular weight is 417 g/mol. The van der Waals surface area contributed by atoms with Crippen LogP contribution in [0.3, 0.4) is 0 Å². The number of hydrogen-bond donors (Lipinski definition) is 1. The standard InChI is InChI=1S/C25H25N3O3/c29-24(19-20-11-13-23(14-12-20)28(30)31)26-15-17-27(18-16-26)25(21-7-3-1-4-8-21)22-9-5-2-6-10-22/h1-14,25H,15-19H2/p+1. The van der Waals surface area contributed by atoms with Gasteiger partial charge >= 0.3 is 0 Å². The highest BCUT2D eigenvalue weighted by Crippen LogP contribution is 2.19. The molecule has 158 valence electrons. The lowest BCUT2D eigenvalue weighted by Gasteiger charge is -2.37. The molecule has 0 spiro atoms. The number of non-ortho nitro benzene ring substituents is 1. The fourth-order valence-electron chi connectivity index (χ4n) is 4.31. The molecule has 0 aromatic heterocycles. The third-order valence-electron chi connectivity index (χ3n) is 5.93. The minimum absolute atomic E-state index is 0.0429. The molecule has 1 aliphatic rings. The van der Waals surface area contributed by atoms with E-state index >= 15 is 0 Å². The maximum atomic E-state index is 12.8. The van der Waals surface area contributed by atoms with Crippen LogP contribution in [-0.4, -0.2) is 41.9 Å². The average Bonchev–Trinajstić information content (AvgIpc) is 2.81. The molecule has 0 unspecified atom stereocenters. The first-order chi connectivity index (χ1) is 15.1. The molecule has 1 fully saturated rings. The summed E-state index contributed by atoms with van der Waals surface area (Å²) < 4.78 is 0. The van der Waals surface area contributed by atoms with E-state index in [1.807, 2.05) is 17.0 Å². The Kier molecular flexibility index (Phi) is 6.38. The summed E-state index contributed by atoms with van der Waals surface area (Å²) in [4.78, 5) is 26.5. The van der Waals surface area contributed by atoms with Crippen molar-refractivity contribution in [2.75, 3.05) is 26.2 Å². The van der Waals surface area contributed by atoms with Crippen LogP contribution in [0.25, 0.3) is 0 Å². The zero-order valence-corrected chi connectivity index (χ0v) is 17.3. The highest BCUT2D eigenvalue weighted by atomic mass is 16.6. The highest BCUT2D eigenvalue weighted by molar-refractivity contribution is 5.78. The molecule has 3 aromatic rings. The number of hydrogen-bond acceptors (Lipinski definition) is 3. The number of nitro groups is 1. The van der Waals surface area contributed by atoms with Crippen LogP contribution in [0, 0.1) is 10.1 Å². The number of nitrogens with zero attached hydrogens (tertiary/aromatic N) is 2. The van der Waals surface area contributed by atoms with E-state index in [2.05, 4.69) is 48.5 Å². The van der Waals surface area contributed by atoms with Gasteiger partial charge in [-0.1, -0.05) is 72.8 Å². The summed E-state index contributed by atoms with van der Waals surface area (Å²) in [6.07, 6.45) is 0.272. The molecule has 0 bridgehead atoms. The van der Waals surface area contributed by atoms with Crippen molar-refractivity contribution in [2.24, 2.45) is 0 Å². The number of amides is 1. The highest BCUT2D eigenvalue weighted by Gasteiger charge is 2.31. The van der Waals surface area contributed by atoms with Crippen LogP contribution in [0.2, 0.25) is 0 Å². The molecule has 0 aliphatic carbocycles. The van der Waals surface area contributed by atoms with E-state index in [-0.39, 0.29) is 24.1 Å². The second-order valence-electron chi connectivity index (χ2n) is 7.89. The van der Waals surface area contributed by atoms with Crippen LogP contribution in [0.5, 0.6) is 0 Å². The second kappa shape index (κ2) is 9.53. The number of rotatable bonds is 6. The Morgan fingerprint density at radius 1 is 0.871 bits per heavy atom. The largest absolute Gasteiger partial charge is 0.331 e. The first kappa shape index (κ1) is 20.8. The summed E-state index contributed by atoms with van der Waals surface area (Å²) in [5.41, 5.74) is 3.42. The molecule has 1 saturated heterocycles. The van der Waals surface area contributed by atoms with E-state index in [4.69, 9.17) is 0 Å². The van der Waals surface area contributed by atoms with Gasteiger partial charge in [0, 0.05) is 23.3 Å². The predicted molar refractivity (Wildman–Crippen MR) is 119 cm³/mol. The molecule has 3 aromatic carbocycles. The van der Waals surface area contributed by atoms with Gasteiger partial charge in [-0.3, -0.25) is 14.9 Å². The molecule has 1 aliphatic heterocycles. The molecule has 4 rings (SSSR count). The topological polar surface area (TPSA) is 67.9 Å². The van der Waals surface area contributed by atoms with Gasteiger partial charge in [-0.05, 0) is 5.56 Å². The summed E-state index contributed by atoms with van der Waals surface area (Å²) in [6.45, 7) is 3.16. The van der Waals surface area contributed by atoms with Gasteiger partial charge in [-0.2, -0.15) is 0 Å². The molecule has 6 heteroatoms. The molecule has 1 N–H and O–H groups in total. The Hall–Kier alpha value is -3.51. The van der Waals surface area contributed by atoms with Crippen molar-refractivity contribution in [1.29, 1.82) is 0 Å². The molecule has 31 heavy (non-hydrogen) atoms.